The van der Waals surface area contributed by atoms with Crippen LogP contribution in [-0.2, 0) is 8.89 Å². The Morgan fingerprint density at radius 3 is 2.67 bits per heavy atom. The van der Waals surface area contributed by atoms with Gasteiger partial charge in [0.1, 0.15) is 0 Å². The minimum Gasteiger partial charge on any atom is -0.523 e. The van der Waals surface area contributed by atoms with Gasteiger partial charge in [0.2, 0.25) is 0 Å². The average molecular weight is 162 g/mol. The molecule has 0 radical (unpaired) electrons. The molecule has 9 heavy (non-hydrogen) atoms. The fourth-order valence-corrected chi connectivity index (χ4v) is 3.08. The molecule has 0 aromatic rings. The van der Waals surface area contributed by atoms with E-state index >= 15 is 0 Å². The Balaban J connectivity index is 2.60. The Bertz CT molecular complexity index is 135. The predicted molar refractivity (Wildman–Crippen MR) is 38.9 cm³/mol. The lowest BCUT2D eigenvalue weighted by molar-refractivity contribution is 0.293. The maximum absolute atomic E-state index is 11.1. The van der Waals surface area contributed by atoms with Gasteiger partial charge in [-0.3, -0.25) is 0 Å². The van der Waals surface area contributed by atoms with Crippen molar-refractivity contribution in [3.8, 4) is 0 Å². The van der Waals surface area contributed by atoms with Crippen molar-refractivity contribution in [1.82, 2.24) is 0 Å². The molecule has 0 spiro atoms. The molecule has 0 bridgehead atoms. The van der Waals surface area contributed by atoms with Crippen LogP contribution in [0.5, 0.6) is 0 Å². The lowest BCUT2D eigenvalue weighted by atomic mass is 10.5. The molecular formula is C5H10O2SSi. The van der Waals surface area contributed by atoms with Gasteiger partial charge in [-0.25, -0.2) is 0 Å². The SMILES string of the molecule is CC1(C)SCCO[Si]1=O. The van der Waals surface area contributed by atoms with Crippen LogP contribution < -0.4 is 0 Å². The van der Waals surface area contributed by atoms with Crippen molar-refractivity contribution in [1.29, 1.82) is 0 Å². The molecule has 52 valence electrons. The van der Waals surface area contributed by atoms with Crippen LogP contribution in [0.1, 0.15) is 13.8 Å². The monoisotopic (exact) mass is 162 g/mol. The molecule has 0 amide bonds. The highest BCUT2D eigenvalue weighted by atomic mass is 32.2. The van der Waals surface area contributed by atoms with Gasteiger partial charge in [0.15, 0.2) is 0 Å². The summed E-state index contributed by atoms with van der Waals surface area (Å²) in [6, 6.07) is 0. The second-order valence-corrected chi connectivity index (χ2v) is 6.69. The first kappa shape index (κ1) is 7.28. The standard InChI is InChI=1S/C5H10O2SSi/c1-5(2)8-4-3-7-9(5)6/h3-4H2,1-2H3. The summed E-state index contributed by atoms with van der Waals surface area (Å²) in [4.78, 5) is 0. The maximum Gasteiger partial charge on any atom is 0.519 e. The summed E-state index contributed by atoms with van der Waals surface area (Å²) in [5.41, 5.74) is 0. The van der Waals surface area contributed by atoms with Gasteiger partial charge in [0.05, 0.1) is 11.0 Å². The maximum atomic E-state index is 11.1. The van der Waals surface area contributed by atoms with E-state index in [0.29, 0.717) is 6.61 Å². The first-order valence-electron chi connectivity index (χ1n) is 2.94. The van der Waals surface area contributed by atoms with Crippen LogP contribution >= 0.6 is 11.8 Å². The molecule has 1 saturated heterocycles. The van der Waals surface area contributed by atoms with Crippen molar-refractivity contribution in [2.75, 3.05) is 12.4 Å². The van der Waals surface area contributed by atoms with E-state index in [1.165, 1.54) is 0 Å². The fraction of sp³-hybridized carbons (Fsp3) is 1.00. The summed E-state index contributed by atoms with van der Waals surface area (Å²) < 4.78 is 16.0. The van der Waals surface area contributed by atoms with Crippen LogP contribution in [0.25, 0.3) is 0 Å². The number of hydrogen-bond donors (Lipinski definition) is 0. The molecule has 0 N–H and O–H groups in total. The molecule has 1 aliphatic rings. The lowest BCUT2D eigenvalue weighted by Gasteiger charge is -2.25. The van der Waals surface area contributed by atoms with E-state index in [9.17, 15) is 4.46 Å². The van der Waals surface area contributed by atoms with E-state index in [2.05, 4.69) is 0 Å². The summed E-state index contributed by atoms with van der Waals surface area (Å²) in [6.07, 6.45) is 0. The van der Waals surface area contributed by atoms with Crippen molar-refractivity contribution in [2.24, 2.45) is 0 Å². The molecule has 1 heterocycles. The van der Waals surface area contributed by atoms with E-state index in [4.69, 9.17) is 4.43 Å². The van der Waals surface area contributed by atoms with Crippen LogP contribution in [0, 0.1) is 0 Å². The molecule has 4 heteroatoms. The molecular weight excluding hydrogens is 152 g/mol. The van der Waals surface area contributed by atoms with Gasteiger partial charge in [-0.15, -0.1) is 11.8 Å². The minimum atomic E-state index is -1.76. The summed E-state index contributed by atoms with van der Waals surface area (Å²) in [5.74, 6) is 0.976. The third kappa shape index (κ3) is 1.55. The van der Waals surface area contributed by atoms with Crippen molar-refractivity contribution in [3.05, 3.63) is 0 Å². The fourth-order valence-electron chi connectivity index (χ4n) is 0.664. The van der Waals surface area contributed by atoms with Crippen molar-refractivity contribution in [3.63, 3.8) is 0 Å². The molecule has 0 unspecified atom stereocenters. The molecule has 1 aliphatic heterocycles. The zero-order valence-corrected chi connectivity index (χ0v) is 7.46. The summed E-state index contributed by atoms with van der Waals surface area (Å²) in [7, 11) is -1.76. The van der Waals surface area contributed by atoms with Gasteiger partial charge < -0.3 is 8.89 Å². The molecule has 1 rings (SSSR count). The van der Waals surface area contributed by atoms with Crippen molar-refractivity contribution >= 4 is 20.7 Å². The van der Waals surface area contributed by atoms with E-state index in [1.807, 2.05) is 13.8 Å². The molecule has 0 aromatic carbocycles. The third-order valence-electron chi connectivity index (χ3n) is 1.27. The van der Waals surface area contributed by atoms with E-state index in [0.717, 1.165) is 5.75 Å². The zero-order chi connectivity index (χ0) is 6.91. The summed E-state index contributed by atoms with van der Waals surface area (Å²) in [6.45, 7) is 4.60. The van der Waals surface area contributed by atoms with Crippen LogP contribution in [-0.4, -0.2) is 25.7 Å². The van der Waals surface area contributed by atoms with Gasteiger partial charge in [0.25, 0.3) is 0 Å². The average Bonchev–Trinajstić information content (AvgIpc) is 1.77. The summed E-state index contributed by atoms with van der Waals surface area (Å²) in [5, 5.41) is 0. The highest BCUT2D eigenvalue weighted by Gasteiger charge is 2.36. The molecule has 0 aromatic heterocycles. The lowest BCUT2D eigenvalue weighted by Crippen LogP contribution is -2.37. The largest absolute Gasteiger partial charge is 0.523 e. The second kappa shape index (κ2) is 2.42. The van der Waals surface area contributed by atoms with Gasteiger partial charge in [0, 0.05) is 5.75 Å². The van der Waals surface area contributed by atoms with Crippen molar-refractivity contribution in [2.45, 2.75) is 18.2 Å². The Morgan fingerprint density at radius 2 is 2.33 bits per heavy atom. The number of hydrogen-bond acceptors (Lipinski definition) is 3. The van der Waals surface area contributed by atoms with Crippen LogP contribution in [0.3, 0.4) is 0 Å². The second-order valence-electron chi connectivity index (χ2n) is 2.49. The highest BCUT2D eigenvalue weighted by molar-refractivity contribution is 8.02. The highest BCUT2D eigenvalue weighted by Crippen LogP contribution is 2.27. The normalized spacial score (nSPS) is 25.3. The molecule has 0 saturated carbocycles. The summed E-state index contributed by atoms with van der Waals surface area (Å²) >= 11 is 1.74. The molecule has 1 fully saturated rings. The topological polar surface area (TPSA) is 26.3 Å². The molecule has 2 nitrogen and oxygen atoms in total. The van der Waals surface area contributed by atoms with Gasteiger partial charge in [-0.2, -0.15) is 0 Å². The molecule has 0 atom stereocenters. The first-order chi connectivity index (χ1) is 4.13. The first-order valence-corrected chi connectivity index (χ1v) is 5.24. The zero-order valence-electron chi connectivity index (χ0n) is 5.64. The Morgan fingerprint density at radius 1 is 1.67 bits per heavy atom. The predicted octanol–water partition coefficient (Wildman–Crippen LogP) is 0.986. The van der Waals surface area contributed by atoms with Gasteiger partial charge in [-0.1, -0.05) is 0 Å². The number of rotatable bonds is 0. The van der Waals surface area contributed by atoms with Crippen molar-refractivity contribution < 1.29 is 8.89 Å². The van der Waals surface area contributed by atoms with Gasteiger partial charge >= 0.3 is 8.93 Å². The smallest absolute Gasteiger partial charge is 0.519 e. The van der Waals surface area contributed by atoms with Crippen LogP contribution in [0.15, 0.2) is 0 Å². The Labute approximate surface area is 60.8 Å². The van der Waals surface area contributed by atoms with Gasteiger partial charge in [-0.05, 0) is 13.8 Å². The minimum absolute atomic E-state index is 0.122. The van der Waals surface area contributed by atoms with Crippen LogP contribution in [0.4, 0.5) is 0 Å². The Kier molecular flexibility index (Phi) is 1.96. The number of thioether (sulfide) groups is 1. The Hall–Kier alpha value is 0.167. The third-order valence-corrected chi connectivity index (χ3v) is 4.75. The van der Waals surface area contributed by atoms with E-state index < -0.39 is 8.93 Å². The van der Waals surface area contributed by atoms with Crippen LogP contribution in [0.2, 0.25) is 0 Å². The molecule has 0 aliphatic carbocycles. The van der Waals surface area contributed by atoms with E-state index in [1.54, 1.807) is 11.8 Å². The quantitative estimate of drug-likeness (QED) is 0.497. The van der Waals surface area contributed by atoms with E-state index in [-0.39, 0.29) is 4.37 Å².